The zero-order chi connectivity index (χ0) is 28.5. The normalized spacial score (nSPS) is 15.1. The maximum absolute atomic E-state index is 13.0. The first-order valence-corrected chi connectivity index (χ1v) is 14.0. The van der Waals surface area contributed by atoms with E-state index in [0.29, 0.717) is 23.5 Å². The van der Waals surface area contributed by atoms with E-state index in [0.717, 1.165) is 17.6 Å². The van der Waals surface area contributed by atoms with Gasteiger partial charge in [0.1, 0.15) is 5.70 Å². The van der Waals surface area contributed by atoms with Crippen molar-refractivity contribution in [2.24, 2.45) is 0 Å². The molecule has 2 aromatic rings. The minimum atomic E-state index is -0.260. The number of benzene rings is 2. The molecule has 2 aliphatic rings. The van der Waals surface area contributed by atoms with Gasteiger partial charge in [0.25, 0.3) is 11.8 Å². The molecule has 2 aliphatic heterocycles. The van der Waals surface area contributed by atoms with E-state index in [2.05, 4.69) is 55.3 Å². The lowest BCUT2D eigenvalue weighted by molar-refractivity contribution is -0.114. The van der Waals surface area contributed by atoms with Gasteiger partial charge in [-0.1, -0.05) is 49.8 Å². The Balaban J connectivity index is 0.000000255. The molecule has 2 bridgehead atoms. The molecule has 1 N–H and O–H groups in total. The molecule has 0 saturated heterocycles. The Hall–Kier alpha value is -3.80. The molecule has 0 aliphatic carbocycles. The number of hydrogen-bond donors (Lipinski definition) is 1. The van der Waals surface area contributed by atoms with Gasteiger partial charge in [0, 0.05) is 61.9 Å². The maximum atomic E-state index is 13.0. The second-order valence-electron chi connectivity index (χ2n) is 10.5. The minimum absolute atomic E-state index is 0.145. The Kier molecular flexibility index (Phi) is 10.6. The highest BCUT2D eigenvalue weighted by Crippen LogP contribution is 2.27. The first-order valence-electron chi connectivity index (χ1n) is 14.0. The third kappa shape index (κ3) is 8.09. The first-order chi connectivity index (χ1) is 18.7. The molecule has 39 heavy (non-hydrogen) atoms. The van der Waals surface area contributed by atoms with Gasteiger partial charge >= 0.3 is 0 Å². The number of amides is 2. The van der Waals surface area contributed by atoms with Gasteiger partial charge in [0.15, 0.2) is 0 Å². The SMILES string of the molecule is CC(C)=C/C=C1/C(=O)Nc2cc(ccc2C)C(=O)N1CCC1=CN1C.CCCN(CCC)c1ccccc1C. The van der Waals surface area contributed by atoms with Crippen LogP contribution in [0.5, 0.6) is 0 Å². The molecule has 0 saturated carbocycles. The fourth-order valence-electron chi connectivity index (χ4n) is 4.57. The summed E-state index contributed by atoms with van der Waals surface area (Å²) in [7, 11) is 1.98. The number of hydrogen-bond acceptors (Lipinski definition) is 4. The van der Waals surface area contributed by atoms with E-state index in [1.807, 2.05) is 57.1 Å². The van der Waals surface area contributed by atoms with Gasteiger partial charge in [-0.3, -0.25) is 9.59 Å². The van der Waals surface area contributed by atoms with Crippen LogP contribution in [0.1, 0.15) is 68.4 Å². The molecule has 2 heterocycles. The summed E-state index contributed by atoms with van der Waals surface area (Å²) in [5.41, 5.74) is 7.61. The Morgan fingerprint density at radius 3 is 2.23 bits per heavy atom. The Labute approximate surface area is 234 Å². The molecule has 0 atom stereocenters. The van der Waals surface area contributed by atoms with Crippen LogP contribution in [-0.2, 0) is 4.79 Å². The van der Waals surface area contributed by atoms with Crippen LogP contribution >= 0.6 is 0 Å². The Bertz CT molecular complexity index is 1260. The number of aryl methyl sites for hydroxylation is 2. The average molecular weight is 529 g/mol. The molecule has 4 rings (SSSR count). The zero-order valence-corrected chi connectivity index (χ0v) is 24.7. The Morgan fingerprint density at radius 2 is 1.64 bits per heavy atom. The molecule has 0 aromatic heterocycles. The van der Waals surface area contributed by atoms with Gasteiger partial charge in [-0.2, -0.15) is 0 Å². The van der Waals surface area contributed by atoms with Gasteiger partial charge < -0.3 is 20.0 Å². The van der Waals surface area contributed by atoms with Crippen molar-refractivity contribution in [1.29, 1.82) is 0 Å². The fraction of sp³-hybridized carbons (Fsp3) is 0.394. The average Bonchev–Trinajstić information content (AvgIpc) is 3.61. The van der Waals surface area contributed by atoms with E-state index in [1.165, 1.54) is 42.9 Å². The molecular weight excluding hydrogens is 484 g/mol. The van der Waals surface area contributed by atoms with E-state index in [-0.39, 0.29) is 11.8 Å². The second kappa shape index (κ2) is 13.8. The molecule has 2 aromatic carbocycles. The molecule has 6 heteroatoms. The van der Waals surface area contributed by atoms with Crippen molar-refractivity contribution in [2.75, 3.05) is 36.9 Å². The largest absolute Gasteiger partial charge is 0.371 e. The van der Waals surface area contributed by atoms with E-state index < -0.39 is 0 Å². The third-order valence-corrected chi connectivity index (χ3v) is 6.84. The predicted octanol–water partition coefficient (Wildman–Crippen LogP) is 7.04. The Morgan fingerprint density at radius 1 is 0.974 bits per heavy atom. The van der Waals surface area contributed by atoms with Crippen LogP contribution in [0.3, 0.4) is 0 Å². The number of nitrogens with zero attached hydrogens (tertiary/aromatic N) is 3. The lowest BCUT2D eigenvalue weighted by Crippen LogP contribution is -2.38. The highest BCUT2D eigenvalue weighted by atomic mass is 16.2. The van der Waals surface area contributed by atoms with Gasteiger partial charge in [-0.05, 0) is 75.9 Å². The number of carbonyl (C=O) groups is 2. The quantitative estimate of drug-likeness (QED) is 0.355. The third-order valence-electron chi connectivity index (χ3n) is 6.84. The summed E-state index contributed by atoms with van der Waals surface area (Å²) in [6.07, 6.45) is 8.77. The number of nitrogens with one attached hydrogen (secondary N) is 1. The van der Waals surface area contributed by atoms with Crippen LogP contribution in [0.15, 0.2) is 77.8 Å². The van der Waals surface area contributed by atoms with Gasteiger partial charge in [-0.15, -0.1) is 0 Å². The van der Waals surface area contributed by atoms with Crippen molar-refractivity contribution in [3.63, 3.8) is 0 Å². The summed E-state index contributed by atoms with van der Waals surface area (Å²) >= 11 is 0. The summed E-state index contributed by atoms with van der Waals surface area (Å²) in [4.78, 5) is 31.9. The monoisotopic (exact) mass is 528 g/mol. The van der Waals surface area contributed by atoms with Crippen LogP contribution in [0, 0.1) is 13.8 Å². The van der Waals surface area contributed by atoms with Crippen LogP contribution < -0.4 is 10.2 Å². The van der Waals surface area contributed by atoms with Crippen LogP contribution in [0.4, 0.5) is 11.4 Å². The molecule has 0 unspecified atom stereocenters. The number of allylic oxidation sites excluding steroid dienone is 3. The van der Waals surface area contributed by atoms with Gasteiger partial charge in [0.05, 0.1) is 0 Å². The number of rotatable bonds is 9. The molecule has 0 fully saturated rings. The van der Waals surface area contributed by atoms with Crippen LogP contribution in [0.2, 0.25) is 0 Å². The standard InChI is InChI=1S/C20H23N3O2.C13H21N/c1-13(2)5-8-18-19(24)21-17-11-15(7-6-14(17)3)20(25)23(18)10-9-16-12-22(16)4;1-4-10-14(11-5-2)13-9-7-6-8-12(13)3/h5-8,11-12H,9-10H2,1-4H3,(H,21,24);6-9H,4-5,10-11H2,1-3H3/b18-8-;. The number of carbonyl (C=O) groups excluding carboxylic acids is 2. The number of fused-ring (bicyclic) bond motifs is 2. The van der Waals surface area contributed by atoms with E-state index in [4.69, 9.17) is 0 Å². The molecular formula is C33H44N4O2. The van der Waals surface area contributed by atoms with Crippen molar-refractivity contribution in [2.45, 2.75) is 60.8 Å². The molecule has 0 spiro atoms. The zero-order valence-electron chi connectivity index (χ0n) is 24.7. The van der Waals surface area contributed by atoms with Gasteiger partial charge in [-0.25, -0.2) is 0 Å². The lowest BCUT2D eigenvalue weighted by atomic mass is 10.1. The van der Waals surface area contributed by atoms with Crippen LogP contribution in [0.25, 0.3) is 0 Å². The van der Waals surface area contributed by atoms with Crippen molar-refractivity contribution >= 4 is 23.2 Å². The molecule has 6 nitrogen and oxygen atoms in total. The van der Waals surface area contributed by atoms with Gasteiger partial charge in [0.2, 0.25) is 0 Å². The lowest BCUT2D eigenvalue weighted by Gasteiger charge is -2.27. The summed E-state index contributed by atoms with van der Waals surface area (Å²) in [5.74, 6) is -0.405. The summed E-state index contributed by atoms with van der Waals surface area (Å²) in [5, 5.41) is 2.93. The van der Waals surface area contributed by atoms with E-state index in [1.54, 1.807) is 17.0 Å². The van der Waals surface area contributed by atoms with Crippen molar-refractivity contribution in [1.82, 2.24) is 9.80 Å². The number of para-hydroxylation sites is 1. The molecule has 0 radical (unpaired) electrons. The van der Waals surface area contributed by atoms with Crippen molar-refractivity contribution in [3.05, 3.63) is 94.5 Å². The van der Waals surface area contributed by atoms with Crippen LogP contribution in [-0.4, -0.2) is 48.3 Å². The summed E-state index contributed by atoms with van der Waals surface area (Å²) in [6.45, 7) is 15.3. The van der Waals surface area contributed by atoms with Crippen molar-refractivity contribution < 1.29 is 9.59 Å². The summed E-state index contributed by atoms with van der Waals surface area (Å²) < 4.78 is 0. The van der Waals surface area contributed by atoms with E-state index >= 15 is 0 Å². The first kappa shape index (κ1) is 29.8. The molecule has 2 amide bonds. The molecule has 208 valence electrons. The predicted molar refractivity (Wildman–Crippen MR) is 163 cm³/mol. The highest BCUT2D eigenvalue weighted by molar-refractivity contribution is 6.11. The highest BCUT2D eigenvalue weighted by Gasteiger charge is 2.29. The second-order valence-corrected chi connectivity index (χ2v) is 10.5. The minimum Gasteiger partial charge on any atom is -0.371 e. The topological polar surface area (TPSA) is 55.7 Å². The smallest absolute Gasteiger partial charge is 0.272 e. The number of anilines is 2. The fourth-order valence-corrected chi connectivity index (χ4v) is 4.57. The van der Waals surface area contributed by atoms with E-state index in [9.17, 15) is 9.59 Å². The summed E-state index contributed by atoms with van der Waals surface area (Å²) in [6, 6.07) is 14.1. The maximum Gasteiger partial charge on any atom is 0.272 e. The van der Waals surface area contributed by atoms with Crippen molar-refractivity contribution in [3.8, 4) is 0 Å².